The maximum absolute atomic E-state index is 11.0. The molecule has 0 bridgehead atoms. The third-order valence-electron chi connectivity index (χ3n) is 6.41. The fourth-order valence-corrected chi connectivity index (χ4v) is 4.43. The smallest absolute Gasteiger partial charge is 0.186 e. The molecule has 3 fully saturated rings. The van der Waals surface area contributed by atoms with Crippen molar-refractivity contribution >= 4 is 0 Å². The second-order valence-electron chi connectivity index (χ2n) is 8.78. The zero-order valence-corrected chi connectivity index (χ0v) is 17.7. The van der Waals surface area contributed by atoms with Gasteiger partial charge in [-0.25, -0.2) is 0 Å². The Balaban J connectivity index is 1.70. The quantitative estimate of drug-likeness (QED) is 0.174. The highest BCUT2D eigenvalue weighted by molar-refractivity contribution is 5.01. The summed E-state index contributed by atoms with van der Waals surface area (Å²) in [5.74, 6) is 0. The fraction of sp³-hybridized carbons (Fsp3) is 1.00. The zero-order valence-electron chi connectivity index (χ0n) is 17.7. The number of hydrogen-bond donors (Lipinski definition) is 10. The second kappa shape index (κ2) is 10.8. The zero-order chi connectivity index (χ0) is 23.7. The van der Waals surface area contributed by atoms with Crippen LogP contribution in [0, 0.1) is 0 Å². The van der Waals surface area contributed by atoms with Crippen LogP contribution >= 0.6 is 0 Å². The minimum Gasteiger partial charge on any atom is -0.394 e. The van der Waals surface area contributed by atoms with Crippen molar-refractivity contribution in [2.45, 2.75) is 98.4 Å². The van der Waals surface area contributed by atoms with Crippen molar-refractivity contribution in [3.8, 4) is 0 Å². The van der Waals surface area contributed by atoms with Crippen molar-refractivity contribution < 1.29 is 44.5 Å². The van der Waals surface area contributed by atoms with E-state index >= 15 is 0 Å². The third kappa shape index (κ3) is 5.24. The van der Waals surface area contributed by atoms with Crippen LogP contribution in [0.15, 0.2) is 0 Å². The Kier molecular flexibility index (Phi) is 8.79. The molecule has 188 valence electrons. The Labute approximate surface area is 185 Å². The largest absolute Gasteiger partial charge is 0.394 e. The van der Waals surface area contributed by atoms with E-state index in [4.69, 9.17) is 47.6 Å². The molecule has 0 radical (unpaired) electrons. The lowest BCUT2D eigenvalue weighted by Gasteiger charge is -2.47. The predicted molar refractivity (Wildman–Crippen MR) is 108 cm³/mol. The molecule has 2 aliphatic heterocycles. The van der Waals surface area contributed by atoms with Crippen LogP contribution in [0.2, 0.25) is 0 Å². The first-order valence-electron chi connectivity index (χ1n) is 10.8. The monoisotopic (exact) mass is 467 g/mol. The topological polar surface area (TPSA) is 268 Å². The molecular formula is C18H37N5O9. The van der Waals surface area contributed by atoms with E-state index in [2.05, 4.69) is 0 Å². The van der Waals surface area contributed by atoms with Crippen LogP contribution in [0.1, 0.15) is 12.8 Å². The van der Waals surface area contributed by atoms with Gasteiger partial charge in [-0.3, -0.25) is 0 Å². The van der Waals surface area contributed by atoms with Gasteiger partial charge in [0.15, 0.2) is 12.6 Å². The Morgan fingerprint density at radius 1 is 0.719 bits per heavy atom. The van der Waals surface area contributed by atoms with Gasteiger partial charge in [-0.05, 0) is 12.8 Å². The van der Waals surface area contributed by atoms with E-state index in [0.717, 1.165) is 0 Å². The standard InChI is InChI=1S/C18H37N5O9/c19-3-9-8(25)2-7(22)17(29-9)31-15-5(20)1-6(21)16(14(15)28)32-18-13(27)11(23)12(26)10(4-24)30-18/h5-18,24-28H,1-4,19-23H2/t5-,6+,7-,8-,9+,10-,11+,12-,13+,14-,15+,16+,17-,18+/m1/s1. The van der Waals surface area contributed by atoms with Crippen LogP contribution < -0.4 is 28.7 Å². The van der Waals surface area contributed by atoms with E-state index < -0.39 is 92.2 Å². The van der Waals surface area contributed by atoms with Gasteiger partial charge in [-0.15, -0.1) is 0 Å². The summed E-state index contributed by atoms with van der Waals surface area (Å²) in [6.45, 7) is -0.499. The van der Waals surface area contributed by atoms with Crippen molar-refractivity contribution in [1.29, 1.82) is 0 Å². The van der Waals surface area contributed by atoms with Crippen LogP contribution in [-0.4, -0.2) is 124 Å². The maximum Gasteiger partial charge on any atom is 0.186 e. The molecule has 0 amide bonds. The van der Waals surface area contributed by atoms with E-state index in [-0.39, 0.29) is 19.4 Å². The van der Waals surface area contributed by atoms with Crippen LogP contribution in [0.4, 0.5) is 0 Å². The highest BCUT2D eigenvalue weighted by atomic mass is 16.7. The molecule has 0 unspecified atom stereocenters. The predicted octanol–water partition coefficient (Wildman–Crippen LogP) is -6.30. The minimum atomic E-state index is -1.44. The van der Waals surface area contributed by atoms with Crippen molar-refractivity contribution in [3.05, 3.63) is 0 Å². The Bertz CT molecular complexity index is 607. The lowest BCUT2D eigenvalue weighted by molar-refractivity contribution is -0.314. The normalized spacial score (nSPS) is 52.7. The molecule has 2 heterocycles. The van der Waals surface area contributed by atoms with Crippen molar-refractivity contribution in [1.82, 2.24) is 0 Å². The summed E-state index contributed by atoms with van der Waals surface area (Å²) in [7, 11) is 0. The van der Waals surface area contributed by atoms with Crippen LogP contribution in [0.3, 0.4) is 0 Å². The summed E-state index contributed by atoms with van der Waals surface area (Å²) in [6.07, 6.45) is -10.8. The number of rotatable bonds is 6. The van der Waals surface area contributed by atoms with Crippen molar-refractivity contribution in [3.63, 3.8) is 0 Å². The lowest BCUT2D eigenvalue weighted by Crippen LogP contribution is -2.68. The Hall–Kier alpha value is -0.560. The molecule has 0 aromatic carbocycles. The summed E-state index contributed by atoms with van der Waals surface area (Å²) < 4.78 is 22.7. The first-order chi connectivity index (χ1) is 15.1. The van der Waals surface area contributed by atoms with Crippen LogP contribution in [0.5, 0.6) is 0 Å². The molecular weight excluding hydrogens is 430 g/mol. The number of ether oxygens (including phenoxy) is 4. The van der Waals surface area contributed by atoms with Gasteiger partial charge in [0.05, 0.1) is 30.9 Å². The molecule has 3 rings (SSSR count). The molecule has 0 spiro atoms. The van der Waals surface area contributed by atoms with E-state index in [1.54, 1.807) is 0 Å². The molecule has 14 atom stereocenters. The van der Waals surface area contributed by atoms with E-state index in [0.29, 0.717) is 0 Å². The van der Waals surface area contributed by atoms with Gasteiger partial charge < -0.3 is 73.1 Å². The Morgan fingerprint density at radius 3 is 1.84 bits per heavy atom. The summed E-state index contributed by atoms with van der Waals surface area (Å²) in [5, 5.41) is 50.7. The first-order valence-corrected chi connectivity index (χ1v) is 10.8. The van der Waals surface area contributed by atoms with Gasteiger partial charge in [0.2, 0.25) is 0 Å². The van der Waals surface area contributed by atoms with Crippen molar-refractivity contribution in [2.24, 2.45) is 28.7 Å². The Morgan fingerprint density at radius 2 is 1.28 bits per heavy atom. The van der Waals surface area contributed by atoms with E-state index in [1.165, 1.54) is 0 Å². The molecule has 14 nitrogen and oxygen atoms in total. The van der Waals surface area contributed by atoms with E-state index in [1.807, 2.05) is 0 Å². The van der Waals surface area contributed by atoms with E-state index in [9.17, 15) is 25.5 Å². The SMILES string of the molecule is NC[C@@H]1O[C@H](O[C@@H]2[C@@H](O)[C@@H](O[C@@H]3O[C@H](CO)[C@@H](O)[C@H](N)[C@@H]3O)[C@@H](N)C[C@H]2N)[C@H](N)C[C@H]1O. The molecule has 1 saturated carbocycles. The summed E-state index contributed by atoms with van der Waals surface area (Å²) in [4.78, 5) is 0. The molecule has 1 aliphatic carbocycles. The first kappa shape index (κ1) is 26.1. The number of aliphatic hydroxyl groups is 5. The minimum absolute atomic E-state index is 0.0542. The highest BCUT2D eigenvalue weighted by Gasteiger charge is 2.50. The molecule has 0 aromatic rings. The van der Waals surface area contributed by atoms with Crippen molar-refractivity contribution in [2.75, 3.05) is 13.2 Å². The molecule has 2 saturated heterocycles. The average Bonchev–Trinajstić information content (AvgIpc) is 2.75. The summed E-state index contributed by atoms with van der Waals surface area (Å²) in [6, 6.07) is -3.27. The molecule has 32 heavy (non-hydrogen) atoms. The van der Waals surface area contributed by atoms with Gasteiger partial charge in [0.25, 0.3) is 0 Å². The third-order valence-corrected chi connectivity index (χ3v) is 6.41. The number of aliphatic hydroxyl groups excluding tert-OH is 5. The summed E-state index contributed by atoms with van der Waals surface area (Å²) >= 11 is 0. The summed E-state index contributed by atoms with van der Waals surface area (Å²) in [5.41, 5.74) is 29.8. The van der Waals surface area contributed by atoms with Gasteiger partial charge in [0, 0.05) is 18.6 Å². The fourth-order valence-electron chi connectivity index (χ4n) is 4.43. The van der Waals surface area contributed by atoms with Gasteiger partial charge in [-0.1, -0.05) is 0 Å². The van der Waals surface area contributed by atoms with Gasteiger partial charge in [-0.2, -0.15) is 0 Å². The van der Waals surface area contributed by atoms with Crippen LogP contribution in [-0.2, 0) is 18.9 Å². The number of hydrogen-bond acceptors (Lipinski definition) is 14. The second-order valence-corrected chi connectivity index (χ2v) is 8.78. The van der Waals surface area contributed by atoms with Crippen LogP contribution in [0.25, 0.3) is 0 Å². The average molecular weight is 468 g/mol. The molecule has 0 aromatic heterocycles. The maximum atomic E-state index is 11.0. The number of nitrogens with two attached hydrogens (primary N) is 5. The van der Waals surface area contributed by atoms with Gasteiger partial charge >= 0.3 is 0 Å². The van der Waals surface area contributed by atoms with Gasteiger partial charge in [0.1, 0.15) is 36.6 Å². The molecule has 14 heteroatoms. The highest BCUT2D eigenvalue weighted by Crippen LogP contribution is 2.30. The molecule has 15 N–H and O–H groups in total. The lowest BCUT2D eigenvalue weighted by atomic mass is 9.84. The molecule has 3 aliphatic rings.